The van der Waals surface area contributed by atoms with Crippen molar-refractivity contribution in [1.82, 2.24) is 38.7 Å². The fourth-order valence-corrected chi connectivity index (χ4v) is 11.3. The topological polar surface area (TPSA) is 117 Å². The highest BCUT2D eigenvalue weighted by Gasteiger charge is 2.34. The largest absolute Gasteiger partial charge is 0.416 e. The third-order valence-corrected chi connectivity index (χ3v) is 16.4. The molecule has 0 fully saturated rings. The van der Waals surface area contributed by atoms with E-state index in [4.69, 9.17) is 38.4 Å². The van der Waals surface area contributed by atoms with Crippen molar-refractivity contribution < 1.29 is 92.7 Å². The van der Waals surface area contributed by atoms with Gasteiger partial charge in [0.2, 0.25) is 11.8 Å². The number of aromatic nitrogens is 4. The molecule has 2 unspecified atom stereocenters. The summed E-state index contributed by atoms with van der Waals surface area (Å²) in [6.07, 6.45) is -16.2. The second-order valence-electron chi connectivity index (χ2n) is 20.8. The lowest BCUT2D eigenvalue weighted by Gasteiger charge is -2.33. The number of carbonyl (C=O) groups is 2. The molecule has 0 saturated heterocycles. The predicted octanol–water partition coefficient (Wildman–Crippen LogP) is 15.6. The minimum absolute atomic E-state index is 0.0265. The zero-order chi connectivity index (χ0) is 101. The Labute approximate surface area is 619 Å². The van der Waals surface area contributed by atoms with Crippen molar-refractivity contribution in [2.75, 3.05) is 52.2 Å². The highest BCUT2D eigenvalue weighted by atomic mass is 32.2. The number of rotatable bonds is 26. The van der Waals surface area contributed by atoms with Crippen LogP contribution in [0.4, 0.5) is 35.1 Å². The fraction of sp³-hybridized carbons (Fsp3) is 0.387. The molecular formula is C75H82F8N8O4S2. The van der Waals surface area contributed by atoms with Crippen LogP contribution < -0.4 is 11.1 Å². The SMILES string of the molecule is [2H]c1c([2H])c(CSc2nc(=O)c3c(n2C([2H])([2H])C(=O)N(CCN(C([2H])([2H])C)C([2H])([2H])C)C([2H])(C)c2ccc(-c4ccc(C(F)(F)F)cc4)cc2)C([2H])([2H])C([2H])(C)C3([2H])[2H])c([2H])c([2H])c1F.[2H]c1c([2H])c(CSc2nc(=O)c3c(n2C([2H])([2H])C(=O)N(CCN(C([2H])([2H])C)C([2H])([2H])C)C([2H])([2H])c2c([2H])c([2H])c(-c4c([2H])c([2H])c(C(F)(F)F)c(C)c4[2H])c([2H])c2[2H])CCC3)c([2H])c([2H])c1F. The first-order valence-corrected chi connectivity index (χ1v) is 31.1. The van der Waals surface area contributed by atoms with Crippen molar-refractivity contribution >= 4 is 35.3 Å². The Hall–Kier alpha value is -7.92. The first-order valence-electron chi connectivity index (χ1n) is 46.7. The Morgan fingerprint density at radius 3 is 1.66 bits per heavy atom. The van der Waals surface area contributed by atoms with Gasteiger partial charge in [-0.15, -0.1) is 0 Å². The lowest BCUT2D eigenvalue weighted by atomic mass is 9.98. The maximum absolute atomic E-state index is 15.2. The summed E-state index contributed by atoms with van der Waals surface area (Å²) in [5.74, 6) is -10.9. The van der Waals surface area contributed by atoms with Crippen molar-refractivity contribution in [1.29, 1.82) is 0 Å². The molecule has 8 aromatic rings. The van der Waals surface area contributed by atoms with Gasteiger partial charge in [-0.3, -0.25) is 19.2 Å². The normalized spacial score (nSPS) is 22.3. The van der Waals surface area contributed by atoms with Crippen molar-refractivity contribution in [3.63, 3.8) is 0 Å². The molecule has 2 aliphatic carbocycles. The second-order valence-corrected chi connectivity index (χ2v) is 22.7. The Bertz CT molecular complexity index is 5900. The first-order chi connectivity index (χ1) is 59.8. The number of alkyl halides is 6. The average Bonchev–Trinajstić information content (AvgIpc) is 1.51. The zero-order valence-corrected chi connectivity index (χ0v) is 54.2. The zero-order valence-electron chi connectivity index (χ0n) is 87.5. The van der Waals surface area contributed by atoms with Crippen LogP contribution in [0.25, 0.3) is 22.3 Å². The summed E-state index contributed by atoms with van der Waals surface area (Å²) in [7, 11) is 0. The van der Waals surface area contributed by atoms with E-state index in [1.165, 1.54) is 36.4 Å². The number of amides is 2. The van der Waals surface area contributed by atoms with Gasteiger partial charge in [-0.05, 0) is 170 Å². The summed E-state index contributed by atoms with van der Waals surface area (Å²) >= 11 is 0.691. The molecule has 0 radical (unpaired) electrons. The van der Waals surface area contributed by atoms with E-state index in [1.54, 1.807) is 0 Å². The van der Waals surface area contributed by atoms with Gasteiger partial charge in [0.25, 0.3) is 11.1 Å². The van der Waals surface area contributed by atoms with Gasteiger partial charge in [-0.25, -0.2) is 8.78 Å². The van der Waals surface area contributed by atoms with Crippen LogP contribution in [0, 0.1) is 24.5 Å². The second kappa shape index (κ2) is 33.1. The number of nitrogens with zero attached hydrogens (tertiary/aromatic N) is 8. The summed E-state index contributed by atoms with van der Waals surface area (Å²) in [5, 5.41) is -1.54. The van der Waals surface area contributed by atoms with Crippen LogP contribution >= 0.6 is 23.5 Å². The van der Waals surface area contributed by atoms with Crippen molar-refractivity contribution in [3.8, 4) is 22.3 Å². The summed E-state index contributed by atoms with van der Waals surface area (Å²) in [5.41, 5.74) is -12.0. The molecule has 0 spiro atoms. The molecule has 2 aliphatic rings. The van der Waals surface area contributed by atoms with E-state index in [0.717, 1.165) is 60.6 Å². The number of thioether (sulfide) groups is 2. The van der Waals surface area contributed by atoms with Gasteiger partial charge in [0.05, 0.1) is 47.3 Å². The molecule has 97 heavy (non-hydrogen) atoms. The van der Waals surface area contributed by atoms with Gasteiger partial charge in [0, 0.05) is 84.5 Å². The van der Waals surface area contributed by atoms with Crippen LogP contribution in [0.5, 0.6) is 0 Å². The number of carbonyl (C=O) groups excluding carboxylic acids is 2. The van der Waals surface area contributed by atoms with Crippen LogP contribution in [0.15, 0.2) is 159 Å². The highest BCUT2D eigenvalue weighted by Crippen LogP contribution is 2.36. The van der Waals surface area contributed by atoms with Gasteiger partial charge in [-0.1, -0.05) is 155 Å². The molecule has 12 nitrogen and oxygen atoms in total. The Morgan fingerprint density at radius 1 is 0.629 bits per heavy atom. The summed E-state index contributed by atoms with van der Waals surface area (Å²) in [4.78, 5) is 66.7. The molecule has 10 rings (SSSR count). The van der Waals surface area contributed by atoms with Crippen molar-refractivity contribution in [2.24, 2.45) is 5.89 Å². The molecule has 2 atom stereocenters. The van der Waals surface area contributed by atoms with Crippen LogP contribution in [0.2, 0.25) is 0 Å². The van der Waals surface area contributed by atoms with E-state index in [1.807, 2.05) is 0 Å². The van der Waals surface area contributed by atoms with Crippen molar-refractivity contribution in [2.45, 2.75) is 140 Å². The third kappa shape index (κ3) is 19.1. The molecule has 2 amide bonds. The molecule has 0 saturated carbocycles. The van der Waals surface area contributed by atoms with Crippen molar-refractivity contribution in [3.05, 3.63) is 233 Å². The number of hydrogen-bond acceptors (Lipinski definition) is 10. The minimum Gasteiger partial charge on any atom is -0.336 e. The van der Waals surface area contributed by atoms with Gasteiger partial charge in [0.1, 0.15) is 24.6 Å². The molecular weight excluding hydrogens is 1290 g/mol. The van der Waals surface area contributed by atoms with E-state index >= 15 is 9.59 Å². The Balaban J connectivity index is 0.000000297. The molecule has 2 heterocycles. The van der Waals surface area contributed by atoms with Gasteiger partial charge < -0.3 is 28.7 Å². The molecule has 514 valence electrons. The molecule has 2 aromatic heterocycles. The van der Waals surface area contributed by atoms with Gasteiger partial charge in [-0.2, -0.15) is 36.3 Å². The summed E-state index contributed by atoms with van der Waals surface area (Å²) in [6.45, 7) is -18.3. The Kier molecular flexibility index (Phi) is 13.5. The number of halogens is 8. The summed E-state index contributed by atoms with van der Waals surface area (Å²) in [6, 6.07) is -9.72. The van der Waals surface area contributed by atoms with Crippen LogP contribution in [-0.4, -0.2) is 103 Å². The maximum Gasteiger partial charge on any atom is 0.416 e. The molecule has 22 heteroatoms. The third-order valence-electron chi connectivity index (χ3n) is 14.5. The summed E-state index contributed by atoms with van der Waals surface area (Å²) < 4.78 is 413. The monoisotopic (exact) mass is 1410 g/mol. The van der Waals surface area contributed by atoms with Crippen LogP contribution in [-0.2, 0) is 78.5 Å². The van der Waals surface area contributed by atoms with E-state index < -0.39 is 311 Å². The maximum atomic E-state index is 15.2. The quantitative estimate of drug-likeness (QED) is 0.0295. The smallest absolute Gasteiger partial charge is 0.336 e. The average molecular weight is 1410 g/mol. The molecule has 6 aromatic carbocycles. The number of fused-ring (bicyclic) bond motifs is 2. The van der Waals surface area contributed by atoms with E-state index in [0.29, 0.717) is 42.2 Å². The molecule has 0 N–H and O–H groups in total. The van der Waals surface area contributed by atoms with E-state index in [9.17, 15) is 54.3 Å². The molecule has 0 bridgehead atoms. The predicted molar refractivity (Wildman–Crippen MR) is 367 cm³/mol. The van der Waals surface area contributed by atoms with Gasteiger partial charge >= 0.3 is 12.4 Å². The standard InChI is InChI=1S/C38H42F4N4O2S.C37H40F4N4O2S/c1-5-44(6-2)19-20-45(26(4)28-9-11-29(12-10-28)30-13-15-31(16-14-30)38(40,41)42)35(47)23-46-34-22-25(3)21-33(34)36(48)43-37(46)49-24-27-7-17-32(39)18-8-27;1-4-43(5-2)19-20-44(22-26-9-13-28(14-10-26)29-15-18-32(25(3)21-29)37(39,40)41)34(46)23-45-33-8-6-7-31(33)35(47)42-36(45)48-24-27-11-16-30(38)17-12-27/h7-18,25-26H,5-6,19-24H2,1-4H3;9-18,21H,4-8,19-20,22-24H2,1-3H3/i5D2,6D2,7D,8D,17D,18D,21D2,22D2,23D2,25D,26D;4D2,5D2,9D,10D,11D,12D,13D,14D,15D,16D,17D,18D,21D,22D2,23D2. The highest BCUT2D eigenvalue weighted by molar-refractivity contribution is 7.98. The van der Waals surface area contributed by atoms with Gasteiger partial charge in [0.15, 0.2) is 10.3 Å². The lowest BCUT2D eigenvalue weighted by molar-refractivity contribution is -0.138. The van der Waals surface area contributed by atoms with E-state index in [2.05, 4.69) is 9.97 Å². The number of likely N-dealkylation sites (N-methyl/N-ethyl adjacent to an activating group) is 2. The molecule has 0 aliphatic heterocycles. The van der Waals surface area contributed by atoms with E-state index in [-0.39, 0.29) is 57.3 Å². The first kappa shape index (κ1) is 39.6. The fourth-order valence-electron chi connectivity index (χ4n) is 9.59. The van der Waals surface area contributed by atoms with Crippen LogP contribution in [0.3, 0.4) is 0 Å². The lowest BCUT2D eigenvalue weighted by Crippen LogP contribution is -2.42. The minimum atomic E-state index is -5.23. The van der Waals surface area contributed by atoms with Crippen LogP contribution in [0.1, 0.15) is 163 Å². The number of benzene rings is 6. The number of hydrogen-bond donors (Lipinski definition) is 0. The Morgan fingerprint density at radius 2 is 1.12 bits per heavy atom.